The third-order valence-electron chi connectivity index (χ3n) is 4.00. The van der Waals surface area contributed by atoms with Gasteiger partial charge in [0.05, 0.1) is 11.6 Å². The average molecular weight is 311 g/mol. The number of ether oxygens (including phenoxy) is 2. The highest BCUT2D eigenvalue weighted by Crippen LogP contribution is 2.33. The summed E-state index contributed by atoms with van der Waals surface area (Å²) in [6.07, 6.45) is 3.40. The second-order valence-electron chi connectivity index (χ2n) is 5.40. The molecule has 0 amide bonds. The van der Waals surface area contributed by atoms with E-state index in [0.717, 1.165) is 47.0 Å². The molecule has 0 saturated heterocycles. The molecule has 0 radical (unpaired) electrons. The highest BCUT2D eigenvalue weighted by molar-refractivity contribution is 5.86. The van der Waals surface area contributed by atoms with E-state index in [1.54, 1.807) is 11.0 Å². The van der Waals surface area contributed by atoms with Crippen molar-refractivity contribution in [1.29, 1.82) is 0 Å². The van der Waals surface area contributed by atoms with E-state index in [9.17, 15) is 0 Å². The largest absolute Gasteiger partial charge is 0.454 e. The van der Waals surface area contributed by atoms with E-state index in [0.29, 0.717) is 6.79 Å². The van der Waals surface area contributed by atoms with Gasteiger partial charge in [-0.1, -0.05) is 6.07 Å². The third kappa shape index (κ3) is 2.34. The Kier molecular flexibility index (Phi) is 3.25. The van der Waals surface area contributed by atoms with E-state index in [-0.39, 0.29) is 0 Å². The standard InChI is InChI=1S/C16H17N5O2/c1-3-21(8-11-4-5-13-14(6-11)23-10-22-13)16-12-7-19-20(2)15(12)17-9-18-16/h4-7,9H,3,8,10H2,1-2H3. The molecule has 118 valence electrons. The van der Waals surface area contributed by atoms with Gasteiger partial charge in [0.25, 0.3) is 0 Å². The number of rotatable bonds is 4. The van der Waals surface area contributed by atoms with Crippen LogP contribution in [0, 0.1) is 0 Å². The van der Waals surface area contributed by atoms with E-state index in [2.05, 4.69) is 33.0 Å². The summed E-state index contributed by atoms with van der Waals surface area (Å²) < 4.78 is 12.6. The minimum Gasteiger partial charge on any atom is -0.454 e. The van der Waals surface area contributed by atoms with Crippen LogP contribution in [0.15, 0.2) is 30.7 Å². The van der Waals surface area contributed by atoms with Crippen molar-refractivity contribution in [2.45, 2.75) is 13.5 Å². The lowest BCUT2D eigenvalue weighted by molar-refractivity contribution is 0.174. The highest BCUT2D eigenvalue weighted by Gasteiger charge is 2.17. The van der Waals surface area contributed by atoms with Gasteiger partial charge >= 0.3 is 0 Å². The van der Waals surface area contributed by atoms with Gasteiger partial charge in [-0.3, -0.25) is 4.68 Å². The molecular formula is C16H17N5O2. The van der Waals surface area contributed by atoms with Gasteiger partial charge in [-0.25, -0.2) is 9.97 Å². The number of fused-ring (bicyclic) bond motifs is 2. The van der Waals surface area contributed by atoms with Gasteiger partial charge in [0.15, 0.2) is 17.1 Å². The van der Waals surface area contributed by atoms with Gasteiger partial charge in [0.1, 0.15) is 12.1 Å². The Morgan fingerprint density at radius 1 is 1.22 bits per heavy atom. The molecule has 7 nitrogen and oxygen atoms in total. The second kappa shape index (κ2) is 5.42. The molecular weight excluding hydrogens is 294 g/mol. The molecule has 3 aromatic rings. The molecule has 0 fully saturated rings. The Bertz CT molecular complexity index is 861. The summed E-state index contributed by atoms with van der Waals surface area (Å²) >= 11 is 0. The number of aromatic nitrogens is 4. The molecule has 4 rings (SSSR count). The summed E-state index contributed by atoms with van der Waals surface area (Å²) in [6.45, 7) is 3.96. The van der Waals surface area contributed by atoms with Crippen molar-refractivity contribution in [1.82, 2.24) is 19.7 Å². The Morgan fingerprint density at radius 2 is 2.09 bits per heavy atom. The maximum Gasteiger partial charge on any atom is 0.231 e. The second-order valence-corrected chi connectivity index (χ2v) is 5.40. The van der Waals surface area contributed by atoms with Crippen molar-refractivity contribution in [3.63, 3.8) is 0 Å². The van der Waals surface area contributed by atoms with Crippen LogP contribution >= 0.6 is 0 Å². The lowest BCUT2D eigenvalue weighted by Gasteiger charge is -2.22. The number of benzene rings is 1. The van der Waals surface area contributed by atoms with Crippen LogP contribution in [0.1, 0.15) is 12.5 Å². The van der Waals surface area contributed by atoms with Crippen LogP contribution in [0.4, 0.5) is 5.82 Å². The van der Waals surface area contributed by atoms with Crippen LogP contribution in [0.5, 0.6) is 11.5 Å². The Morgan fingerprint density at radius 3 is 2.96 bits per heavy atom. The number of hydrogen-bond acceptors (Lipinski definition) is 6. The number of aryl methyl sites for hydroxylation is 1. The molecule has 0 atom stereocenters. The number of anilines is 1. The fourth-order valence-corrected chi connectivity index (χ4v) is 2.80. The van der Waals surface area contributed by atoms with Crippen molar-refractivity contribution in [3.05, 3.63) is 36.3 Å². The first-order valence-electron chi connectivity index (χ1n) is 7.52. The SMILES string of the molecule is CCN(Cc1ccc2c(c1)OCO2)c1ncnc2c1cnn2C. The lowest BCUT2D eigenvalue weighted by atomic mass is 10.2. The first-order chi connectivity index (χ1) is 11.3. The summed E-state index contributed by atoms with van der Waals surface area (Å²) in [7, 11) is 1.88. The van der Waals surface area contributed by atoms with Gasteiger partial charge in [-0.05, 0) is 24.6 Å². The van der Waals surface area contributed by atoms with E-state index in [4.69, 9.17) is 9.47 Å². The third-order valence-corrected chi connectivity index (χ3v) is 4.00. The minimum atomic E-state index is 0.290. The van der Waals surface area contributed by atoms with Crippen LogP contribution in [0.3, 0.4) is 0 Å². The maximum atomic E-state index is 5.45. The van der Waals surface area contributed by atoms with Crippen molar-refractivity contribution in [2.75, 3.05) is 18.2 Å². The number of nitrogens with zero attached hydrogens (tertiary/aromatic N) is 5. The molecule has 23 heavy (non-hydrogen) atoms. The fraction of sp³-hybridized carbons (Fsp3) is 0.312. The molecule has 3 heterocycles. The molecule has 0 spiro atoms. The Hall–Kier alpha value is -2.83. The van der Waals surface area contributed by atoms with Crippen LogP contribution in [-0.2, 0) is 13.6 Å². The summed E-state index contributed by atoms with van der Waals surface area (Å²) in [5, 5.41) is 5.23. The van der Waals surface area contributed by atoms with Gasteiger partial charge in [-0.2, -0.15) is 5.10 Å². The van der Waals surface area contributed by atoms with Gasteiger partial charge in [-0.15, -0.1) is 0 Å². The van der Waals surface area contributed by atoms with Crippen LogP contribution in [0.2, 0.25) is 0 Å². The van der Waals surface area contributed by atoms with E-state index >= 15 is 0 Å². The molecule has 1 aliphatic rings. The predicted octanol–water partition coefficient (Wildman–Crippen LogP) is 2.12. The number of hydrogen-bond donors (Lipinski definition) is 0. The van der Waals surface area contributed by atoms with Gasteiger partial charge in [0, 0.05) is 20.1 Å². The smallest absolute Gasteiger partial charge is 0.231 e. The highest BCUT2D eigenvalue weighted by atomic mass is 16.7. The molecule has 2 aromatic heterocycles. The molecule has 0 N–H and O–H groups in total. The maximum absolute atomic E-state index is 5.45. The van der Waals surface area contributed by atoms with Crippen LogP contribution in [-0.4, -0.2) is 33.1 Å². The fourth-order valence-electron chi connectivity index (χ4n) is 2.80. The summed E-state index contributed by atoms with van der Waals surface area (Å²) in [5.74, 6) is 2.49. The average Bonchev–Trinajstić information content (AvgIpc) is 3.19. The molecule has 0 unspecified atom stereocenters. The quantitative estimate of drug-likeness (QED) is 0.735. The van der Waals surface area contributed by atoms with E-state index < -0.39 is 0 Å². The van der Waals surface area contributed by atoms with E-state index in [1.807, 2.05) is 25.4 Å². The van der Waals surface area contributed by atoms with Crippen LogP contribution in [0.25, 0.3) is 11.0 Å². The van der Waals surface area contributed by atoms with Crippen molar-refractivity contribution < 1.29 is 9.47 Å². The molecule has 0 aliphatic carbocycles. The Balaban J connectivity index is 1.68. The predicted molar refractivity (Wildman–Crippen MR) is 85.6 cm³/mol. The molecule has 0 saturated carbocycles. The van der Waals surface area contributed by atoms with Crippen molar-refractivity contribution in [2.24, 2.45) is 7.05 Å². The zero-order chi connectivity index (χ0) is 15.8. The molecule has 1 aliphatic heterocycles. The van der Waals surface area contributed by atoms with Crippen molar-refractivity contribution in [3.8, 4) is 11.5 Å². The summed E-state index contributed by atoms with van der Waals surface area (Å²) in [5.41, 5.74) is 1.98. The molecule has 7 heteroatoms. The first-order valence-corrected chi connectivity index (χ1v) is 7.52. The lowest BCUT2D eigenvalue weighted by Crippen LogP contribution is -2.23. The monoisotopic (exact) mass is 311 g/mol. The normalized spacial score (nSPS) is 12.8. The first kappa shape index (κ1) is 13.8. The molecule has 1 aromatic carbocycles. The van der Waals surface area contributed by atoms with Crippen molar-refractivity contribution >= 4 is 16.9 Å². The van der Waals surface area contributed by atoms with E-state index in [1.165, 1.54) is 0 Å². The molecule has 0 bridgehead atoms. The zero-order valence-electron chi connectivity index (χ0n) is 13.1. The van der Waals surface area contributed by atoms with Gasteiger partial charge < -0.3 is 14.4 Å². The summed E-state index contributed by atoms with van der Waals surface area (Å²) in [6, 6.07) is 6.02. The zero-order valence-corrected chi connectivity index (χ0v) is 13.1. The van der Waals surface area contributed by atoms with Crippen LogP contribution < -0.4 is 14.4 Å². The Labute approximate surface area is 133 Å². The summed E-state index contributed by atoms with van der Waals surface area (Å²) in [4.78, 5) is 11.0. The van der Waals surface area contributed by atoms with Gasteiger partial charge in [0.2, 0.25) is 6.79 Å². The minimum absolute atomic E-state index is 0.290. The topological polar surface area (TPSA) is 65.3 Å².